The number of amides is 1. The molecule has 0 aromatic heterocycles. The van der Waals surface area contributed by atoms with Gasteiger partial charge in [0.25, 0.3) is 0 Å². The minimum atomic E-state index is -1.39. The average molecular weight is 131 g/mol. The fourth-order valence-electron chi connectivity index (χ4n) is 0.146. The van der Waals surface area contributed by atoms with Gasteiger partial charge in [0.05, 0.1) is 0 Å². The van der Waals surface area contributed by atoms with E-state index in [4.69, 9.17) is 5.11 Å². The first-order valence-electron chi connectivity index (χ1n) is 2.05. The number of carbonyl (C=O) groups excluding carboxylic acids is 1. The summed E-state index contributed by atoms with van der Waals surface area (Å²) in [5, 5.41) is 7.84. The monoisotopic (exact) mass is 131 g/mol. The fraction of sp³-hybridized carbons (Fsp3) is 0.250. The summed E-state index contributed by atoms with van der Waals surface area (Å²) in [6.45, 7) is 1.15. The van der Waals surface area contributed by atoms with Gasteiger partial charge < -0.3 is 9.84 Å². The van der Waals surface area contributed by atoms with Gasteiger partial charge in [-0.15, -0.1) is 4.99 Å². The minimum absolute atomic E-state index is 0.574. The lowest BCUT2D eigenvalue weighted by atomic mass is 10.8. The molecule has 0 radical (unpaired) electrons. The van der Waals surface area contributed by atoms with E-state index in [9.17, 15) is 9.59 Å². The number of carbonyl (C=O) groups is 2. The van der Waals surface area contributed by atoms with E-state index >= 15 is 0 Å². The summed E-state index contributed by atoms with van der Waals surface area (Å²) in [5.41, 5.74) is 0. The topological polar surface area (TPSA) is 76.0 Å². The molecule has 0 spiro atoms. The van der Waals surface area contributed by atoms with Gasteiger partial charge in [-0.2, -0.15) is 0 Å². The molecule has 5 heteroatoms. The molecule has 0 unspecified atom stereocenters. The van der Waals surface area contributed by atoms with Crippen LogP contribution in [0.4, 0.5) is 4.79 Å². The average Bonchev–Trinajstić information content (AvgIpc) is 1.63. The molecular formula is C4H5NO4. The van der Waals surface area contributed by atoms with Crippen LogP contribution in [0.15, 0.2) is 4.99 Å². The third-order valence-corrected chi connectivity index (χ3v) is 0.382. The van der Waals surface area contributed by atoms with E-state index in [-0.39, 0.29) is 0 Å². The predicted molar refractivity (Wildman–Crippen MR) is 28.3 cm³/mol. The van der Waals surface area contributed by atoms with Crippen LogP contribution in [0.2, 0.25) is 0 Å². The molecule has 0 aliphatic carbocycles. The highest BCUT2D eigenvalue weighted by atomic mass is 16.5. The Kier molecular flexibility index (Phi) is 3.04. The van der Waals surface area contributed by atoms with Crippen molar-refractivity contribution in [1.29, 1.82) is 0 Å². The zero-order valence-electron chi connectivity index (χ0n) is 4.70. The highest BCUT2D eigenvalue weighted by Crippen LogP contribution is 1.72. The summed E-state index contributed by atoms with van der Waals surface area (Å²) in [6.07, 6.45) is -0.818. The molecule has 1 N–H and O–H groups in total. The maximum absolute atomic E-state index is 9.92. The van der Waals surface area contributed by atoms with Crippen molar-refractivity contribution in [2.75, 3.05) is 0 Å². The van der Waals surface area contributed by atoms with Crippen LogP contribution >= 0.6 is 0 Å². The Morgan fingerprint density at radius 1 is 1.67 bits per heavy atom. The Morgan fingerprint density at radius 2 is 2.22 bits per heavy atom. The normalized spacial score (nSPS) is 9.44. The first-order chi connectivity index (χ1) is 4.13. The summed E-state index contributed by atoms with van der Waals surface area (Å²) in [5.74, 6) is -0.597. The lowest BCUT2D eigenvalue weighted by Gasteiger charge is -1.85. The number of hydrogen-bond acceptors (Lipinski definition) is 3. The molecule has 0 aliphatic rings. The quantitative estimate of drug-likeness (QED) is 0.314. The molecule has 0 atom stereocenters. The molecule has 0 aromatic carbocycles. The van der Waals surface area contributed by atoms with Gasteiger partial charge in [-0.3, -0.25) is 4.79 Å². The summed E-state index contributed by atoms with van der Waals surface area (Å²) in [7, 11) is 0. The van der Waals surface area contributed by atoms with Crippen molar-refractivity contribution in [3.8, 4) is 0 Å². The Hall–Kier alpha value is -1.39. The van der Waals surface area contributed by atoms with E-state index in [1.165, 1.54) is 0 Å². The van der Waals surface area contributed by atoms with E-state index in [2.05, 4.69) is 9.73 Å². The minimum Gasteiger partial charge on any atom is -0.463 e. The van der Waals surface area contributed by atoms with Crippen molar-refractivity contribution < 1.29 is 19.4 Å². The lowest BCUT2D eigenvalue weighted by molar-refractivity contribution is -0.132. The molecule has 0 aromatic rings. The summed E-state index contributed by atoms with van der Waals surface area (Å²) in [6, 6.07) is 0. The van der Waals surface area contributed by atoms with E-state index in [0.29, 0.717) is 6.40 Å². The molecule has 0 bridgehead atoms. The summed E-state index contributed by atoms with van der Waals surface area (Å²) in [4.78, 5) is 22.2. The smallest absolute Gasteiger partial charge is 0.433 e. The molecule has 0 rings (SSSR count). The van der Waals surface area contributed by atoms with Crippen LogP contribution in [-0.2, 0) is 9.53 Å². The zero-order valence-corrected chi connectivity index (χ0v) is 4.70. The van der Waals surface area contributed by atoms with Crippen LogP contribution in [0.5, 0.6) is 0 Å². The van der Waals surface area contributed by atoms with Gasteiger partial charge >= 0.3 is 12.1 Å². The number of nitrogens with zero attached hydrogens (tertiary/aromatic N) is 1. The highest BCUT2D eigenvalue weighted by Gasteiger charge is 1.88. The standard InChI is InChI=1S/C4H5NO4/c1-3(6)9-2-5-4(7)8/h2H,1H3,(H,7,8). The van der Waals surface area contributed by atoms with Crippen molar-refractivity contribution in [3.05, 3.63) is 0 Å². The van der Waals surface area contributed by atoms with Crippen molar-refractivity contribution in [2.45, 2.75) is 6.92 Å². The lowest BCUT2D eigenvalue weighted by Crippen LogP contribution is -1.97. The number of aliphatic imine (C=N–C) groups is 1. The fourth-order valence-corrected chi connectivity index (χ4v) is 0.146. The molecule has 1 amide bonds. The van der Waals surface area contributed by atoms with Gasteiger partial charge in [-0.05, 0) is 0 Å². The maximum atomic E-state index is 9.92. The second-order valence-corrected chi connectivity index (χ2v) is 1.13. The predicted octanol–water partition coefficient (Wildman–Crippen LogP) is 0.256. The van der Waals surface area contributed by atoms with E-state index in [0.717, 1.165) is 6.92 Å². The van der Waals surface area contributed by atoms with Gasteiger partial charge in [0.15, 0.2) is 6.40 Å². The molecular weight excluding hydrogens is 126 g/mol. The summed E-state index contributed by atoms with van der Waals surface area (Å²) >= 11 is 0. The Balaban J connectivity index is 3.48. The van der Waals surface area contributed by atoms with Gasteiger partial charge in [0, 0.05) is 6.92 Å². The van der Waals surface area contributed by atoms with Crippen LogP contribution in [0.3, 0.4) is 0 Å². The molecule has 50 valence electrons. The van der Waals surface area contributed by atoms with Crippen molar-refractivity contribution >= 4 is 18.5 Å². The van der Waals surface area contributed by atoms with Crippen molar-refractivity contribution in [2.24, 2.45) is 4.99 Å². The largest absolute Gasteiger partial charge is 0.463 e. The van der Waals surface area contributed by atoms with Crippen molar-refractivity contribution in [1.82, 2.24) is 0 Å². The van der Waals surface area contributed by atoms with E-state index < -0.39 is 12.1 Å². The molecule has 5 nitrogen and oxygen atoms in total. The molecule has 0 saturated heterocycles. The Labute approximate surface area is 51.0 Å². The van der Waals surface area contributed by atoms with Gasteiger partial charge in [-0.1, -0.05) is 0 Å². The molecule has 0 aliphatic heterocycles. The van der Waals surface area contributed by atoms with Crippen LogP contribution in [0.1, 0.15) is 6.92 Å². The number of rotatable bonds is 1. The van der Waals surface area contributed by atoms with E-state index in [1.54, 1.807) is 0 Å². The van der Waals surface area contributed by atoms with Crippen LogP contribution in [-0.4, -0.2) is 23.6 Å². The Morgan fingerprint density at radius 3 is 2.56 bits per heavy atom. The van der Waals surface area contributed by atoms with E-state index in [1.807, 2.05) is 0 Å². The maximum Gasteiger partial charge on any atom is 0.433 e. The SMILES string of the molecule is CC(=O)OC=NC(=O)O. The Bertz CT molecular complexity index is 151. The number of ether oxygens (including phenoxy) is 1. The second kappa shape index (κ2) is 3.59. The molecule has 0 fully saturated rings. The highest BCUT2D eigenvalue weighted by molar-refractivity contribution is 5.81. The number of carboxylic acid groups (broad SMARTS) is 1. The van der Waals surface area contributed by atoms with Crippen LogP contribution in [0, 0.1) is 0 Å². The summed E-state index contributed by atoms with van der Waals surface area (Å²) < 4.78 is 4.04. The van der Waals surface area contributed by atoms with Gasteiger partial charge in [0.1, 0.15) is 0 Å². The third-order valence-electron chi connectivity index (χ3n) is 0.382. The second-order valence-electron chi connectivity index (χ2n) is 1.13. The van der Waals surface area contributed by atoms with Gasteiger partial charge in [-0.25, -0.2) is 4.79 Å². The van der Waals surface area contributed by atoms with Crippen molar-refractivity contribution in [3.63, 3.8) is 0 Å². The first-order valence-corrected chi connectivity index (χ1v) is 2.05. The number of hydrogen-bond donors (Lipinski definition) is 1. The first kappa shape index (κ1) is 7.61. The number of esters is 1. The van der Waals surface area contributed by atoms with Gasteiger partial charge in [0.2, 0.25) is 0 Å². The molecule has 9 heavy (non-hydrogen) atoms. The van der Waals surface area contributed by atoms with Crippen LogP contribution < -0.4 is 0 Å². The zero-order chi connectivity index (χ0) is 7.28. The van der Waals surface area contributed by atoms with Crippen LogP contribution in [0.25, 0.3) is 0 Å². The molecule has 0 heterocycles. The molecule has 0 saturated carbocycles. The third kappa shape index (κ3) is 6.61.